The van der Waals surface area contributed by atoms with Gasteiger partial charge in [0.2, 0.25) is 11.8 Å². The van der Waals surface area contributed by atoms with Crippen molar-refractivity contribution in [1.29, 1.82) is 0 Å². The third-order valence-corrected chi connectivity index (χ3v) is 3.81. The van der Waals surface area contributed by atoms with E-state index in [0.29, 0.717) is 36.0 Å². The lowest BCUT2D eigenvalue weighted by molar-refractivity contribution is 0.302. The van der Waals surface area contributed by atoms with E-state index in [0.717, 1.165) is 12.0 Å². The monoisotopic (exact) mass is 356 g/mol. The van der Waals surface area contributed by atoms with Gasteiger partial charge in [-0.15, -0.1) is 0 Å². The molecule has 3 heterocycles. The van der Waals surface area contributed by atoms with Crippen LogP contribution >= 0.6 is 0 Å². The summed E-state index contributed by atoms with van der Waals surface area (Å²) in [7, 11) is 0. The minimum atomic E-state index is -0.273. The van der Waals surface area contributed by atoms with E-state index in [1.54, 1.807) is 17.1 Å². The number of hydrogen-bond acceptors (Lipinski definition) is 6. The number of aromatic nitrogens is 5. The van der Waals surface area contributed by atoms with E-state index in [9.17, 15) is 4.79 Å². The fraction of sp³-hybridized carbons (Fsp3) is 0.444. The molecule has 0 saturated carbocycles. The second-order valence-corrected chi connectivity index (χ2v) is 7.05. The van der Waals surface area contributed by atoms with Gasteiger partial charge >= 0.3 is 0 Å². The number of pyridine rings is 1. The Balaban J connectivity index is 1.87. The van der Waals surface area contributed by atoms with E-state index in [1.165, 1.54) is 0 Å². The van der Waals surface area contributed by atoms with Gasteiger partial charge in [-0.05, 0) is 33.3 Å². The molecule has 0 radical (unpaired) electrons. The molecule has 8 nitrogen and oxygen atoms in total. The molecule has 0 aliphatic heterocycles. The van der Waals surface area contributed by atoms with Crippen LogP contribution in [0.1, 0.15) is 39.7 Å². The summed E-state index contributed by atoms with van der Waals surface area (Å²) in [5, 5.41) is 7.93. The highest BCUT2D eigenvalue weighted by atomic mass is 16.5. The molecular weight excluding hydrogens is 332 g/mol. The van der Waals surface area contributed by atoms with Crippen LogP contribution in [-0.4, -0.2) is 31.3 Å². The van der Waals surface area contributed by atoms with E-state index in [4.69, 9.17) is 4.74 Å². The Morgan fingerprint density at radius 2 is 2.15 bits per heavy atom. The topological polar surface area (TPSA) is 97.7 Å². The Bertz CT molecular complexity index is 954. The quantitative estimate of drug-likeness (QED) is 0.705. The van der Waals surface area contributed by atoms with Gasteiger partial charge in [0, 0.05) is 18.3 Å². The molecule has 8 heteroatoms. The molecule has 0 unspecified atom stereocenters. The van der Waals surface area contributed by atoms with Gasteiger partial charge < -0.3 is 10.1 Å². The smallest absolute Gasteiger partial charge is 0.263 e. The summed E-state index contributed by atoms with van der Waals surface area (Å²) in [5.74, 6) is 0.976. The van der Waals surface area contributed by atoms with Crippen LogP contribution in [0.3, 0.4) is 0 Å². The lowest BCUT2D eigenvalue weighted by atomic mass is 10.1. The zero-order valence-electron chi connectivity index (χ0n) is 15.5. The highest BCUT2D eigenvalue weighted by molar-refractivity contribution is 5.74. The number of H-pyrrole nitrogens is 1. The number of nitrogens with zero attached hydrogens (tertiary/aromatic N) is 4. The van der Waals surface area contributed by atoms with E-state index >= 15 is 0 Å². The summed E-state index contributed by atoms with van der Waals surface area (Å²) in [6, 6.07) is 3.78. The van der Waals surface area contributed by atoms with Crippen molar-refractivity contribution in [2.45, 2.75) is 46.2 Å². The Morgan fingerprint density at radius 1 is 1.35 bits per heavy atom. The lowest BCUT2D eigenvalue weighted by Crippen LogP contribution is -2.24. The molecule has 0 saturated heterocycles. The van der Waals surface area contributed by atoms with Gasteiger partial charge in [0.1, 0.15) is 5.39 Å². The molecule has 138 valence electrons. The summed E-state index contributed by atoms with van der Waals surface area (Å²) in [5.41, 5.74) is 0.955. The summed E-state index contributed by atoms with van der Waals surface area (Å²) < 4.78 is 7.42. The number of rotatable bonds is 6. The summed E-state index contributed by atoms with van der Waals surface area (Å²) in [4.78, 5) is 23.9. The van der Waals surface area contributed by atoms with Gasteiger partial charge in [-0.1, -0.05) is 13.0 Å². The minimum absolute atomic E-state index is 0.221. The van der Waals surface area contributed by atoms with Gasteiger partial charge in [0.25, 0.3) is 5.56 Å². The summed E-state index contributed by atoms with van der Waals surface area (Å²) >= 11 is 0. The van der Waals surface area contributed by atoms with Crippen molar-refractivity contribution >= 4 is 17.0 Å². The molecule has 0 aliphatic rings. The Kier molecular flexibility index (Phi) is 4.92. The molecule has 0 aromatic carbocycles. The molecule has 3 rings (SSSR count). The number of hydrogen-bond donors (Lipinski definition) is 2. The molecule has 26 heavy (non-hydrogen) atoms. The van der Waals surface area contributed by atoms with E-state index in [1.807, 2.05) is 39.8 Å². The third-order valence-electron chi connectivity index (χ3n) is 3.81. The maximum absolute atomic E-state index is 12.3. The third kappa shape index (κ3) is 3.68. The Hall–Kier alpha value is -2.90. The maximum atomic E-state index is 12.3. The average molecular weight is 356 g/mol. The van der Waals surface area contributed by atoms with Crippen LogP contribution in [-0.2, 0) is 12.1 Å². The number of ether oxygens (including phenoxy) is 1. The van der Waals surface area contributed by atoms with E-state index in [2.05, 4.69) is 25.4 Å². The molecule has 0 bridgehead atoms. The van der Waals surface area contributed by atoms with Gasteiger partial charge in [-0.3, -0.25) is 9.78 Å². The van der Waals surface area contributed by atoms with E-state index in [-0.39, 0.29) is 11.1 Å². The zero-order chi connectivity index (χ0) is 18.7. The summed E-state index contributed by atoms with van der Waals surface area (Å²) in [6.07, 6.45) is 4.16. The number of nitrogens with one attached hydrogen (secondary N) is 2. The molecule has 0 amide bonds. The first-order valence-electron chi connectivity index (χ1n) is 8.69. The standard InChI is InChI=1S/C18H24N6O2/c1-5-9-26-16-12(7-6-8-19-16)10-20-17-22-14-13(15(25)23-17)11-21-24(14)18(2,3)4/h6-8,11H,5,9-10H2,1-4H3,(H2,20,22,23,25). The van der Waals surface area contributed by atoms with Crippen LogP contribution in [0.5, 0.6) is 5.88 Å². The highest BCUT2D eigenvalue weighted by Gasteiger charge is 2.20. The van der Waals surface area contributed by atoms with Crippen LogP contribution in [0.25, 0.3) is 11.0 Å². The van der Waals surface area contributed by atoms with Crippen LogP contribution in [0.4, 0.5) is 5.95 Å². The van der Waals surface area contributed by atoms with Gasteiger partial charge in [-0.25, -0.2) is 9.67 Å². The second-order valence-electron chi connectivity index (χ2n) is 7.05. The fourth-order valence-corrected chi connectivity index (χ4v) is 2.56. The van der Waals surface area contributed by atoms with Crippen molar-refractivity contribution in [3.05, 3.63) is 40.4 Å². The first-order chi connectivity index (χ1) is 12.4. The van der Waals surface area contributed by atoms with Gasteiger partial charge in [-0.2, -0.15) is 10.1 Å². The van der Waals surface area contributed by atoms with Crippen LogP contribution < -0.4 is 15.6 Å². The second kappa shape index (κ2) is 7.15. The van der Waals surface area contributed by atoms with Crippen molar-refractivity contribution in [2.24, 2.45) is 0 Å². The zero-order valence-corrected chi connectivity index (χ0v) is 15.5. The average Bonchev–Trinajstić information content (AvgIpc) is 3.03. The predicted octanol–water partition coefficient (Wildman–Crippen LogP) is 2.67. The Labute approximate surface area is 151 Å². The van der Waals surface area contributed by atoms with Crippen molar-refractivity contribution in [3.8, 4) is 5.88 Å². The molecule has 0 atom stereocenters. The van der Waals surface area contributed by atoms with Gasteiger partial charge in [0.05, 0.1) is 18.3 Å². The predicted molar refractivity (Wildman–Crippen MR) is 100 cm³/mol. The maximum Gasteiger partial charge on any atom is 0.263 e. The van der Waals surface area contributed by atoms with E-state index < -0.39 is 0 Å². The van der Waals surface area contributed by atoms with Crippen LogP contribution in [0.15, 0.2) is 29.3 Å². The number of anilines is 1. The van der Waals surface area contributed by atoms with Crippen molar-refractivity contribution < 1.29 is 4.74 Å². The molecule has 2 N–H and O–H groups in total. The SMILES string of the molecule is CCCOc1ncccc1CNc1nc2c(cnn2C(C)(C)C)c(=O)[nH]1. The van der Waals surface area contributed by atoms with Crippen LogP contribution in [0.2, 0.25) is 0 Å². The first kappa shape index (κ1) is 17.9. The molecule has 0 spiro atoms. The largest absolute Gasteiger partial charge is 0.477 e. The normalized spacial score (nSPS) is 11.7. The summed E-state index contributed by atoms with van der Waals surface area (Å²) in [6.45, 7) is 9.14. The molecule has 0 aliphatic carbocycles. The van der Waals surface area contributed by atoms with Crippen molar-refractivity contribution in [2.75, 3.05) is 11.9 Å². The van der Waals surface area contributed by atoms with Gasteiger partial charge in [0.15, 0.2) is 5.65 Å². The first-order valence-corrected chi connectivity index (χ1v) is 8.69. The molecule has 3 aromatic rings. The molecule has 3 aromatic heterocycles. The lowest BCUT2D eigenvalue weighted by Gasteiger charge is -2.19. The Morgan fingerprint density at radius 3 is 2.88 bits per heavy atom. The fourth-order valence-electron chi connectivity index (χ4n) is 2.56. The van der Waals surface area contributed by atoms with Crippen molar-refractivity contribution in [1.82, 2.24) is 24.7 Å². The van der Waals surface area contributed by atoms with Crippen molar-refractivity contribution in [3.63, 3.8) is 0 Å². The molecule has 0 fully saturated rings. The highest BCUT2D eigenvalue weighted by Crippen LogP contribution is 2.20. The van der Waals surface area contributed by atoms with Crippen LogP contribution in [0, 0.1) is 0 Å². The number of fused-ring (bicyclic) bond motifs is 1. The number of aromatic amines is 1. The molecular formula is C18H24N6O2. The minimum Gasteiger partial charge on any atom is -0.477 e.